The van der Waals surface area contributed by atoms with E-state index in [4.69, 9.17) is 9.72 Å². The zero-order valence-corrected chi connectivity index (χ0v) is 15.9. The molecular weight excluding hydrogens is 368 g/mol. The molecular formula is C23H18N2O2S. The molecule has 0 saturated heterocycles. The number of amides is 1. The number of rotatable bonds is 5. The van der Waals surface area contributed by atoms with E-state index in [0.717, 1.165) is 28.2 Å². The molecule has 5 heteroatoms. The molecule has 1 N–H and O–H groups in total. The van der Waals surface area contributed by atoms with Gasteiger partial charge in [-0.15, -0.1) is 11.3 Å². The topological polar surface area (TPSA) is 51.2 Å². The predicted molar refractivity (Wildman–Crippen MR) is 113 cm³/mol. The van der Waals surface area contributed by atoms with E-state index in [-0.39, 0.29) is 0 Å². The molecule has 0 fully saturated rings. The van der Waals surface area contributed by atoms with E-state index >= 15 is 0 Å². The number of hydrogen-bond acceptors (Lipinski definition) is 4. The van der Waals surface area contributed by atoms with Gasteiger partial charge in [-0.25, -0.2) is 9.78 Å². The third kappa shape index (κ3) is 4.64. The first-order valence-corrected chi connectivity index (χ1v) is 9.77. The highest BCUT2D eigenvalue weighted by Crippen LogP contribution is 2.23. The minimum Gasteiger partial charge on any atom is -0.410 e. The second-order valence-electron chi connectivity index (χ2n) is 6.19. The second-order valence-corrected chi connectivity index (χ2v) is 7.14. The van der Waals surface area contributed by atoms with E-state index in [9.17, 15) is 4.79 Å². The average molecular weight is 386 g/mol. The van der Waals surface area contributed by atoms with Gasteiger partial charge in [0.05, 0.1) is 10.7 Å². The van der Waals surface area contributed by atoms with Crippen LogP contribution >= 0.6 is 11.3 Å². The van der Waals surface area contributed by atoms with Gasteiger partial charge in [0.2, 0.25) is 0 Å². The molecule has 28 heavy (non-hydrogen) atoms. The highest BCUT2D eigenvalue weighted by atomic mass is 32.1. The molecule has 1 heterocycles. The van der Waals surface area contributed by atoms with Crippen LogP contribution < -0.4 is 10.1 Å². The Labute approximate surface area is 167 Å². The highest BCUT2D eigenvalue weighted by molar-refractivity contribution is 7.10. The van der Waals surface area contributed by atoms with Gasteiger partial charge in [0, 0.05) is 23.1 Å². The molecule has 0 unspecified atom stereocenters. The van der Waals surface area contributed by atoms with E-state index in [1.165, 1.54) is 0 Å². The van der Waals surface area contributed by atoms with Crippen molar-refractivity contribution >= 4 is 23.1 Å². The average Bonchev–Trinajstić information content (AvgIpc) is 3.19. The van der Waals surface area contributed by atoms with Crippen LogP contribution in [0.25, 0.3) is 11.3 Å². The summed E-state index contributed by atoms with van der Waals surface area (Å²) in [4.78, 5) is 16.7. The Morgan fingerprint density at radius 1 is 0.893 bits per heavy atom. The number of carbonyl (C=O) groups is 1. The van der Waals surface area contributed by atoms with E-state index in [0.29, 0.717) is 11.4 Å². The van der Waals surface area contributed by atoms with Crippen molar-refractivity contribution in [2.45, 2.75) is 6.42 Å². The van der Waals surface area contributed by atoms with Gasteiger partial charge in [0.15, 0.2) is 0 Å². The van der Waals surface area contributed by atoms with Gasteiger partial charge in [-0.2, -0.15) is 0 Å². The molecule has 0 spiro atoms. The molecule has 1 amide bonds. The van der Waals surface area contributed by atoms with Crippen molar-refractivity contribution in [2.24, 2.45) is 0 Å². The van der Waals surface area contributed by atoms with Crippen LogP contribution in [0.15, 0.2) is 90.3 Å². The van der Waals surface area contributed by atoms with Gasteiger partial charge in [-0.1, -0.05) is 60.7 Å². The number of nitrogens with one attached hydrogen (secondary N) is 1. The van der Waals surface area contributed by atoms with Gasteiger partial charge in [-0.05, 0) is 29.8 Å². The van der Waals surface area contributed by atoms with E-state index in [1.807, 2.05) is 60.7 Å². The monoisotopic (exact) mass is 386 g/mol. The van der Waals surface area contributed by atoms with Gasteiger partial charge >= 0.3 is 6.09 Å². The van der Waals surface area contributed by atoms with Crippen molar-refractivity contribution in [1.82, 2.24) is 4.98 Å². The van der Waals surface area contributed by atoms with E-state index in [1.54, 1.807) is 23.5 Å². The summed E-state index contributed by atoms with van der Waals surface area (Å²) in [5.41, 5.74) is 3.95. The van der Waals surface area contributed by atoms with Crippen molar-refractivity contribution in [1.29, 1.82) is 0 Å². The molecule has 4 rings (SSSR count). The lowest BCUT2D eigenvalue weighted by molar-refractivity contribution is 0.215. The Hall–Kier alpha value is -3.44. The lowest BCUT2D eigenvalue weighted by Crippen LogP contribution is -2.16. The summed E-state index contributed by atoms with van der Waals surface area (Å²) >= 11 is 1.65. The molecule has 0 saturated carbocycles. The fourth-order valence-corrected chi connectivity index (χ4v) is 3.59. The Morgan fingerprint density at radius 3 is 2.29 bits per heavy atom. The SMILES string of the molecule is O=C(Nc1ccc(Cc2nc(-c3ccccc3)cs2)cc1)Oc1ccccc1. The second kappa shape index (κ2) is 8.50. The maximum atomic E-state index is 12.0. The number of nitrogens with zero attached hydrogens (tertiary/aromatic N) is 1. The number of hydrogen-bond donors (Lipinski definition) is 1. The van der Waals surface area contributed by atoms with Crippen LogP contribution in [0.5, 0.6) is 5.75 Å². The van der Waals surface area contributed by atoms with Crippen LogP contribution in [0.1, 0.15) is 10.6 Å². The molecule has 0 radical (unpaired) electrons. The summed E-state index contributed by atoms with van der Waals surface area (Å²) in [6.45, 7) is 0. The fraction of sp³-hybridized carbons (Fsp3) is 0.0435. The smallest absolute Gasteiger partial charge is 0.410 e. The van der Waals surface area contributed by atoms with Crippen molar-refractivity contribution in [3.63, 3.8) is 0 Å². The Balaban J connectivity index is 1.36. The van der Waals surface area contributed by atoms with Crippen LogP contribution in [0.2, 0.25) is 0 Å². The lowest BCUT2D eigenvalue weighted by atomic mass is 10.1. The zero-order valence-electron chi connectivity index (χ0n) is 15.0. The first-order valence-electron chi connectivity index (χ1n) is 8.89. The van der Waals surface area contributed by atoms with Crippen LogP contribution in [0, 0.1) is 0 Å². The minimum atomic E-state index is -0.508. The largest absolute Gasteiger partial charge is 0.417 e. The fourth-order valence-electron chi connectivity index (χ4n) is 2.75. The van der Waals surface area contributed by atoms with Gasteiger partial charge in [-0.3, -0.25) is 5.32 Å². The predicted octanol–water partition coefficient (Wildman–Crippen LogP) is 6.01. The zero-order chi connectivity index (χ0) is 19.2. The summed E-state index contributed by atoms with van der Waals surface area (Å²) in [6, 6.07) is 26.9. The van der Waals surface area contributed by atoms with Crippen LogP contribution in [-0.2, 0) is 6.42 Å². The van der Waals surface area contributed by atoms with Crippen molar-refractivity contribution in [3.05, 3.63) is 101 Å². The number of ether oxygens (including phenoxy) is 1. The van der Waals surface area contributed by atoms with Gasteiger partial charge < -0.3 is 4.74 Å². The Bertz CT molecular complexity index is 1040. The molecule has 0 atom stereocenters. The van der Waals surface area contributed by atoms with Crippen molar-refractivity contribution in [3.8, 4) is 17.0 Å². The summed E-state index contributed by atoms with van der Waals surface area (Å²) in [5.74, 6) is 0.509. The molecule has 1 aromatic heterocycles. The molecule has 138 valence electrons. The third-order valence-corrected chi connectivity index (χ3v) is 4.98. The normalized spacial score (nSPS) is 10.4. The van der Waals surface area contributed by atoms with Gasteiger partial charge in [0.1, 0.15) is 5.75 Å². The summed E-state index contributed by atoms with van der Waals surface area (Å²) in [6.07, 6.45) is 0.248. The maximum Gasteiger partial charge on any atom is 0.417 e. The number of anilines is 1. The number of aromatic nitrogens is 1. The van der Waals surface area contributed by atoms with Crippen molar-refractivity contribution in [2.75, 3.05) is 5.32 Å². The maximum absolute atomic E-state index is 12.0. The Kier molecular flexibility index (Phi) is 5.45. The number of benzene rings is 3. The standard InChI is InChI=1S/C23H18N2O2S/c26-23(27-20-9-5-2-6-10-20)24-19-13-11-17(12-14-19)15-22-25-21(16-28-22)18-7-3-1-4-8-18/h1-14,16H,15H2,(H,24,26). The third-order valence-electron chi connectivity index (χ3n) is 4.13. The quantitative estimate of drug-likeness (QED) is 0.457. The molecule has 0 aliphatic carbocycles. The van der Waals surface area contributed by atoms with Crippen LogP contribution in [-0.4, -0.2) is 11.1 Å². The first-order chi connectivity index (χ1) is 13.8. The van der Waals surface area contributed by atoms with Crippen LogP contribution in [0.3, 0.4) is 0 Å². The van der Waals surface area contributed by atoms with Gasteiger partial charge in [0.25, 0.3) is 0 Å². The summed E-state index contributed by atoms with van der Waals surface area (Å²) in [7, 11) is 0. The van der Waals surface area contributed by atoms with E-state index in [2.05, 4.69) is 22.8 Å². The minimum absolute atomic E-state index is 0.508. The Morgan fingerprint density at radius 2 is 1.57 bits per heavy atom. The molecule has 0 aliphatic rings. The number of para-hydroxylation sites is 1. The molecule has 0 aliphatic heterocycles. The molecule has 4 nitrogen and oxygen atoms in total. The van der Waals surface area contributed by atoms with Crippen LogP contribution in [0.4, 0.5) is 10.5 Å². The summed E-state index contributed by atoms with van der Waals surface area (Å²) in [5, 5.41) is 5.87. The van der Waals surface area contributed by atoms with E-state index < -0.39 is 6.09 Å². The lowest BCUT2D eigenvalue weighted by Gasteiger charge is -2.07. The molecule has 3 aromatic carbocycles. The van der Waals surface area contributed by atoms with Crippen molar-refractivity contribution < 1.29 is 9.53 Å². The molecule has 4 aromatic rings. The molecule has 0 bridgehead atoms. The summed E-state index contributed by atoms with van der Waals surface area (Å²) < 4.78 is 5.23. The first kappa shape index (κ1) is 17.9. The highest BCUT2D eigenvalue weighted by Gasteiger charge is 2.07. The number of carbonyl (C=O) groups excluding carboxylic acids is 1. The number of thiazole rings is 1.